The Morgan fingerprint density at radius 1 is 1.50 bits per heavy atom. The van der Waals surface area contributed by atoms with Crippen molar-refractivity contribution in [3.63, 3.8) is 0 Å². The van der Waals surface area contributed by atoms with Gasteiger partial charge in [0.25, 0.3) is 0 Å². The van der Waals surface area contributed by atoms with Crippen LogP contribution in [0.2, 0.25) is 0 Å². The van der Waals surface area contributed by atoms with Gasteiger partial charge in [-0.05, 0) is 27.0 Å². The average molecular weight is 190 g/mol. The van der Waals surface area contributed by atoms with Gasteiger partial charge in [0.05, 0.1) is 5.54 Å². The Morgan fingerprint density at radius 2 is 2.00 bits per heavy atom. The summed E-state index contributed by atoms with van der Waals surface area (Å²) in [5, 5.41) is 11.0. The van der Waals surface area contributed by atoms with Crippen LogP contribution in [0.1, 0.15) is 20.8 Å². The van der Waals surface area contributed by atoms with Gasteiger partial charge in [-0.2, -0.15) is 0 Å². The van der Waals surface area contributed by atoms with E-state index < -0.39 is 6.09 Å². The zero-order valence-corrected chi connectivity index (χ0v) is 8.53. The molecule has 0 bridgehead atoms. The number of hydrogen-bond acceptors (Lipinski definition) is 3. The lowest BCUT2D eigenvalue weighted by atomic mass is 10.1. The van der Waals surface area contributed by atoms with E-state index in [-0.39, 0.29) is 5.54 Å². The molecule has 0 fully saturated rings. The second-order valence-electron chi connectivity index (χ2n) is 3.22. The fourth-order valence-corrected chi connectivity index (χ4v) is 1.08. The zero-order chi connectivity index (χ0) is 9.78. The van der Waals surface area contributed by atoms with E-state index in [1.54, 1.807) is 6.26 Å². The Kier molecular flexibility index (Phi) is 4.09. The number of aliphatic imine (C=N–C) groups is 1. The Hall–Kier alpha value is -0.710. The Balaban J connectivity index is 4.34. The molecule has 0 aromatic carbocycles. The molecule has 0 unspecified atom stereocenters. The summed E-state index contributed by atoms with van der Waals surface area (Å²) in [6, 6.07) is 0. The van der Waals surface area contributed by atoms with Crippen LogP contribution in [0.4, 0.5) is 4.79 Å². The van der Waals surface area contributed by atoms with Gasteiger partial charge in [-0.15, -0.1) is 0 Å². The van der Waals surface area contributed by atoms with Crippen molar-refractivity contribution in [3.05, 3.63) is 0 Å². The number of amides is 1. The zero-order valence-electron chi connectivity index (χ0n) is 7.71. The molecule has 0 aliphatic rings. The second kappa shape index (κ2) is 4.35. The van der Waals surface area contributed by atoms with Crippen LogP contribution < -0.4 is 5.32 Å². The Morgan fingerprint density at radius 3 is 2.25 bits per heavy atom. The molecule has 1 amide bonds. The summed E-state index contributed by atoms with van der Waals surface area (Å²) in [4.78, 5) is 14.4. The van der Waals surface area contributed by atoms with Gasteiger partial charge in [-0.1, -0.05) is 11.8 Å². The van der Waals surface area contributed by atoms with Crippen molar-refractivity contribution >= 4 is 23.0 Å². The molecule has 70 valence electrons. The number of amidine groups is 1. The van der Waals surface area contributed by atoms with Crippen LogP contribution in [-0.4, -0.2) is 28.2 Å². The van der Waals surface area contributed by atoms with Gasteiger partial charge in [-0.3, -0.25) is 10.3 Å². The maximum atomic E-state index is 10.2. The average Bonchev–Trinajstić information content (AvgIpc) is 1.82. The molecule has 4 nitrogen and oxygen atoms in total. The third kappa shape index (κ3) is 6.03. The van der Waals surface area contributed by atoms with Crippen molar-refractivity contribution in [2.75, 3.05) is 6.26 Å². The first-order valence-electron chi connectivity index (χ1n) is 3.49. The minimum Gasteiger partial charge on any atom is -0.465 e. The minimum atomic E-state index is -1.08. The minimum absolute atomic E-state index is 0.249. The van der Waals surface area contributed by atoms with E-state index >= 15 is 0 Å². The maximum Gasteiger partial charge on any atom is 0.410 e. The number of nitrogens with zero attached hydrogens (tertiary/aromatic N) is 1. The molecular weight excluding hydrogens is 176 g/mol. The summed E-state index contributed by atoms with van der Waals surface area (Å²) < 4.78 is 0. The van der Waals surface area contributed by atoms with Crippen LogP contribution in [0.3, 0.4) is 0 Å². The molecule has 0 aliphatic heterocycles. The van der Waals surface area contributed by atoms with E-state index in [9.17, 15) is 4.79 Å². The lowest BCUT2D eigenvalue weighted by molar-refractivity contribution is 0.200. The van der Waals surface area contributed by atoms with Gasteiger partial charge in [0, 0.05) is 0 Å². The number of carboxylic acid groups (broad SMARTS) is 1. The third-order valence-electron chi connectivity index (χ3n) is 0.844. The topological polar surface area (TPSA) is 61.7 Å². The monoisotopic (exact) mass is 190 g/mol. The van der Waals surface area contributed by atoms with Gasteiger partial charge in [0.15, 0.2) is 5.17 Å². The van der Waals surface area contributed by atoms with Crippen molar-refractivity contribution in [2.24, 2.45) is 4.99 Å². The largest absolute Gasteiger partial charge is 0.465 e. The fraction of sp³-hybridized carbons (Fsp3) is 0.714. The molecule has 2 N–H and O–H groups in total. The summed E-state index contributed by atoms with van der Waals surface area (Å²) >= 11 is 1.28. The van der Waals surface area contributed by atoms with E-state index in [0.717, 1.165) is 0 Å². The Labute approximate surface area is 76.5 Å². The van der Waals surface area contributed by atoms with Crippen LogP contribution in [0.15, 0.2) is 4.99 Å². The van der Waals surface area contributed by atoms with Crippen molar-refractivity contribution in [1.29, 1.82) is 0 Å². The van der Waals surface area contributed by atoms with Crippen LogP contribution >= 0.6 is 11.8 Å². The first kappa shape index (κ1) is 11.3. The molecule has 0 radical (unpaired) electrons. The normalized spacial score (nSPS) is 12.8. The summed E-state index contributed by atoms with van der Waals surface area (Å²) in [7, 11) is 0. The van der Waals surface area contributed by atoms with E-state index in [4.69, 9.17) is 5.11 Å². The van der Waals surface area contributed by atoms with Crippen LogP contribution in [0.25, 0.3) is 0 Å². The van der Waals surface area contributed by atoms with Crippen molar-refractivity contribution in [3.8, 4) is 0 Å². The lowest BCUT2D eigenvalue weighted by Crippen LogP contribution is -2.29. The second-order valence-corrected chi connectivity index (χ2v) is 4.02. The molecule has 0 aromatic rings. The van der Waals surface area contributed by atoms with Crippen LogP contribution in [0, 0.1) is 0 Å². The highest BCUT2D eigenvalue weighted by Gasteiger charge is 2.10. The molecule has 12 heavy (non-hydrogen) atoms. The Bertz CT molecular complexity index is 196. The number of hydrogen-bond donors (Lipinski definition) is 2. The van der Waals surface area contributed by atoms with Crippen molar-refractivity contribution in [2.45, 2.75) is 26.3 Å². The number of thioether (sulfide) groups is 1. The number of carbonyl (C=O) groups is 1. The highest BCUT2D eigenvalue weighted by Crippen LogP contribution is 2.09. The van der Waals surface area contributed by atoms with Crippen molar-refractivity contribution in [1.82, 2.24) is 5.32 Å². The smallest absolute Gasteiger partial charge is 0.410 e. The van der Waals surface area contributed by atoms with Crippen LogP contribution in [0.5, 0.6) is 0 Å². The maximum absolute atomic E-state index is 10.2. The SMILES string of the molecule is CSC(=NC(C)(C)C)NC(=O)O. The van der Waals surface area contributed by atoms with E-state index in [0.29, 0.717) is 5.17 Å². The third-order valence-corrected chi connectivity index (χ3v) is 1.42. The van der Waals surface area contributed by atoms with Gasteiger partial charge < -0.3 is 5.11 Å². The van der Waals surface area contributed by atoms with Crippen LogP contribution in [-0.2, 0) is 0 Å². The molecule has 0 saturated carbocycles. The molecule has 5 heteroatoms. The van der Waals surface area contributed by atoms with E-state index in [2.05, 4.69) is 10.3 Å². The predicted octanol–water partition coefficient (Wildman–Crippen LogP) is 1.77. The molecular formula is C7H14N2O2S. The molecule has 0 aliphatic carbocycles. The molecule has 0 aromatic heterocycles. The quantitative estimate of drug-likeness (QED) is 0.452. The molecule has 0 atom stereocenters. The lowest BCUT2D eigenvalue weighted by Gasteiger charge is -2.14. The summed E-state index contributed by atoms with van der Waals surface area (Å²) in [5.74, 6) is 0. The summed E-state index contributed by atoms with van der Waals surface area (Å²) in [6.45, 7) is 5.73. The number of nitrogens with one attached hydrogen (secondary N) is 1. The molecule has 0 rings (SSSR count). The first-order chi connectivity index (χ1) is 5.35. The van der Waals surface area contributed by atoms with Gasteiger partial charge >= 0.3 is 6.09 Å². The highest BCUT2D eigenvalue weighted by atomic mass is 32.2. The summed E-state index contributed by atoms with van der Waals surface area (Å²) in [6.07, 6.45) is 0.702. The van der Waals surface area contributed by atoms with Gasteiger partial charge in [0.1, 0.15) is 0 Å². The standard InChI is InChI=1S/C7H14N2O2S/c1-7(2,3)9-5(12-4)8-6(10)11/h1-4H3,(H,8,9)(H,10,11). The molecule has 0 saturated heterocycles. The fourth-order valence-electron chi connectivity index (χ4n) is 0.521. The summed E-state index contributed by atoms with van der Waals surface area (Å²) in [5.41, 5.74) is -0.249. The van der Waals surface area contributed by atoms with Crippen molar-refractivity contribution < 1.29 is 9.90 Å². The van der Waals surface area contributed by atoms with Gasteiger partial charge in [-0.25, -0.2) is 4.79 Å². The van der Waals surface area contributed by atoms with E-state index in [1.807, 2.05) is 20.8 Å². The van der Waals surface area contributed by atoms with Gasteiger partial charge in [0.2, 0.25) is 0 Å². The first-order valence-corrected chi connectivity index (χ1v) is 4.71. The molecule has 0 heterocycles. The molecule has 0 spiro atoms. The van der Waals surface area contributed by atoms with E-state index in [1.165, 1.54) is 11.8 Å². The number of rotatable bonds is 0. The predicted molar refractivity (Wildman–Crippen MR) is 51.9 cm³/mol. The highest BCUT2D eigenvalue weighted by molar-refractivity contribution is 8.13.